The monoisotopic (exact) mass is 578 g/mol. The fourth-order valence-corrected chi connectivity index (χ4v) is 5.74. The number of fused-ring (bicyclic) bond motifs is 20. The molecule has 0 fully saturated rings. The Morgan fingerprint density at radius 1 is 0.364 bits per heavy atom. The third kappa shape index (κ3) is 3.38. The molecule has 0 saturated heterocycles. The Bertz CT molecular complexity index is 2570. The summed E-state index contributed by atoms with van der Waals surface area (Å²) in [4.78, 5) is 35.4. The third-order valence-corrected chi connectivity index (χ3v) is 7.84. The van der Waals surface area contributed by atoms with Gasteiger partial charge in [0.25, 0.3) is 0 Å². The van der Waals surface area contributed by atoms with Gasteiger partial charge in [-0.15, -0.1) is 0 Å². The molecule has 9 rings (SSSR count). The van der Waals surface area contributed by atoms with Crippen molar-refractivity contribution in [2.75, 3.05) is 0 Å². The van der Waals surface area contributed by atoms with Crippen LogP contribution < -0.4 is 0 Å². The zero-order valence-electron chi connectivity index (χ0n) is 22.4. The van der Waals surface area contributed by atoms with Gasteiger partial charge in [0, 0.05) is 43.8 Å². The topological polar surface area (TPSA) is 190 Å². The Hall–Kier alpha value is -6.56. The molecular formula is C32H18N8O4. The minimum absolute atomic E-state index is 0.198. The molecule has 0 spiro atoms. The molecule has 7 aromatic rings. The molecule has 3 aromatic heterocycles. The maximum Gasteiger partial charge on any atom is 0.164 e. The van der Waals surface area contributed by atoms with Crippen LogP contribution in [-0.4, -0.2) is 60.3 Å². The highest BCUT2D eigenvalue weighted by atomic mass is 16.3. The number of aromatic nitrogens is 8. The SMILES string of the molecule is Oc1cc2c(cc1O)-c1nc-2nc2[nH]c(nc3nc(nc4[nH]c(n1)c1cc(O)c(O)cc41)-c1ccccc1-3)c1ccccc21. The number of benzene rings is 4. The molecule has 12 heteroatoms. The van der Waals surface area contributed by atoms with Crippen LogP contribution in [0.25, 0.3) is 89.7 Å². The average Bonchev–Trinajstić information content (AvgIpc) is 3.73. The Morgan fingerprint density at radius 3 is 1.14 bits per heavy atom. The summed E-state index contributed by atoms with van der Waals surface area (Å²) >= 11 is 0. The lowest BCUT2D eigenvalue weighted by Gasteiger charge is -2.02. The number of aromatic amines is 2. The normalized spacial score (nSPS) is 12.0. The molecular weight excluding hydrogens is 560 g/mol. The number of hydrogen-bond donors (Lipinski definition) is 6. The smallest absolute Gasteiger partial charge is 0.164 e. The molecule has 2 aliphatic rings. The molecule has 8 bridgehead atoms. The van der Waals surface area contributed by atoms with Gasteiger partial charge in [-0.3, -0.25) is 0 Å². The molecule has 44 heavy (non-hydrogen) atoms. The number of nitrogens with one attached hydrogen (secondary N) is 2. The lowest BCUT2D eigenvalue weighted by atomic mass is 10.1. The molecule has 0 unspecified atom stereocenters. The standard InChI is InChI=1S/C32H18N8O4/c41-21-9-17-19(11-23(21)43)31-38-29(17)36-27-15-7-3-1-5-13(15)25(34-27)33-26-14-6-2-4-8-16(14)28(35-26)37-30-18-10-22(42)24(44)12-20(18)32(39-30)40-31/h1-12,41-44H,(H2,33,34,35,36,37,38,39,40). The first-order valence-corrected chi connectivity index (χ1v) is 13.5. The van der Waals surface area contributed by atoms with E-state index in [1.807, 2.05) is 48.5 Å². The molecule has 4 aromatic carbocycles. The average molecular weight is 579 g/mol. The van der Waals surface area contributed by atoms with E-state index in [2.05, 4.69) is 9.97 Å². The van der Waals surface area contributed by atoms with Crippen LogP contribution >= 0.6 is 0 Å². The van der Waals surface area contributed by atoms with Crippen molar-refractivity contribution in [1.29, 1.82) is 0 Å². The van der Waals surface area contributed by atoms with Gasteiger partial charge in [0.15, 0.2) is 46.3 Å². The highest BCUT2D eigenvalue weighted by molar-refractivity contribution is 6.07. The van der Waals surface area contributed by atoms with Gasteiger partial charge in [-0.2, -0.15) is 0 Å². The number of nitrogens with zero attached hydrogens (tertiary/aromatic N) is 6. The van der Waals surface area contributed by atoms with E-state index in [4.69, 9.17) is 29.9 Å². The van der Waals surface area contributed by atoms with E-state index in [-0.39, 0.29) is 40.3 Å². The first-order chi connectivity index (χ1) is 21.4. The van der Waals surface area contributed by atoms with Gasteiger partial charge in [-0.1, -0.05) is 48.5 Å². The largest absolute Gasteiger partial charge is 0.504 e. The Morgan fingerprint density at radius 2 is 0.705 bits per heavy atom. The first-order valence-electron chi connectivity index (χ1n) is 13.5. The van der Waals surface area contributed by atoms with Crippen molar-refractivity contribution in [2.45, 2.75) is 0 Å². The molecule has 210 valence electrons. The van der Waals surface area contributed by atoms with Gasteiger partial charge in [0.1, 0.15) is 22.6 Å². The second-order valence-electron chi connectivity index (χ2n) is 10.5. The number of H-pyrrole nitrogens is 2. The van der Waals surface area contributed by atoms with Gasteiger partial charge in [0.05, 0.1) is 0 Å². The van der Waals surface area contributed by atoms with E-state index in [0.717, 1.165) is 21.9 Å². The number of phenols is 4. The van der Waals surface area contributed by atoms with Crippen molar-refractivity contribution in [3.05, 3.63) is 72.8 Å². The van der Waals surface area contributed by atoms with Crippen LogP contribution in [0.3, 0.4) is 0 Å². The van der Waals surface area contributed by atoms with Crippen LogP contribution in [0, 0.1) is 0 Å². The van der Waals surface area contributed by atoms with Gasteiger partial charge in [0.2, 0.25) is 0 Å². The highest BCUT2D eigenvalue weighted by Crippen LogP contribution is 2.42. The number of aromatic hydroxyl groups is 4. The summed E-state index contributed by atoms with van der Waals surface area (Å²) < 4.78 is 0. The number of hydrogen-bond acceptors (Lipinski definition) is 10. The van der Waals surface area contributed by atoms with Crippen LogP contribution in [0.2, 0.25) is 0 Å². The second kappa shape index (κ2) is 8.49. The predicted molar refractivity (Wildman–Crippen MR) is 163 cm³/mol. The third-order valence-electron chi connectivity index (χ3n) is 7.84. The quantitative estimate of drug-likeness (QED) is 0.122. The van der Waals surface area contributed by atoms with Crippen molar-refractivity contribution < 1.29 is 20.4 Å². The first kappa shape index (κ1) is 24.1. The summed E-state index contributed by atoms with van der Waals surface area (Å²) in [7, 11) is 0. The summed E-state index contributed by atoms with van der Waals surface area (Å²) in [5.41, 5.74) is 4.09. The van der Waals surface area contributed by atoms with Crippen LogP contribution in [0.15, 0.2) is 72.8 Å². The Balaban J connectivity index is 1.51. The van der Waals surface area contributed by atoms with Gasteiger partial charge in [-0.25, -0.2) is 29.9 Å². The molecule has 0 amide bonds. The molecule has 0 atom stereocenters. The molecule has 6 N–H and O–H groups in total. The predicted octanol–water partition coefficient (Wildman–Crippen LogP) is 5.69. The lowest BCUT2D eigenvalue weighted by Crippen LogP contribution is -1.83. The van der Waals surface area contributed by atoms with Gasteiger partial charge < -0.3 is 30.4 Å². The zero-order chi connectivity index (χ0) is 29.7. The minimum atomic E-state index is -0.343. The van der Waals surface area contributed by atoms with Crippen LogP contribution in [0.1, 0.15) is 0 Å². The lowest BCUT2D eigenvalue weighted by molar-refractivity contribution is 0.404. The summed E-state index contributed by atoms with van der Waals surface area (Å²) in [6, 6.07) is 20.8. The van der Waals surface area contributed by atoms with Crippen molar-refractivity contribution in [3.63, 3.8) is 0 Å². The molecule has 12 nitrogen and oxygen atoms in total. The van der Waals surface area contributed by atoms with E-state index in [1.54, 1.807) is 0 Å². The number of rotatable bonds is 0. The van der Waals surface area contributed by atoms with E-state index in [1.165, 1.54) is 24.3 Å². The summed E-state index contributed by atoms with van der Waals surface area (Å²) in [5.74, 6) is -0.0413. The maximum atomic E-state index is 10.4. The van der Waals surface area contributed by atoms with E-state index >= 15 is 0 Å². The van der Waals surface area contributed by atoms with Crippen LogP contribution in [0.5, 0.6) is 23.0 Å². The molecule has 5 heterocycles. The van der Waals surface area contributed by atoms with Gasteiger partial charge >= 0.3 is 0 Å². The van der Waals surface area contributed by atoms with Gasteiger partial charge in [-0.05, 0) is 24.3 Å². The van der Waals surface area contributed by atoms with Crippen molar-refractivity contribution in [3.8, 4) is 68.5 Å². The minimum Gasteiger partial charge on any atom is -0.504 e. The van der Waals surface area contributed by atoms with E-state index in [0.29, 0.717) is 50.5 Å². The molecule has 0 radical (unpaired) electrons. The molecule has 0 aliphatic carbocycles. The highest BCUT2D eigenvalue weighted by Gasteiger charge is 2.24. The fraction of sp³-hybridized carbons (Fsp3) is 0. The van der Waals surface area contributed by atoms with Crippen molar-refractivity contribution in [1.82, 2.24) is 39.9 Å². The molecule has 2 aliphatic heterocycles. The molecule has 0 saturated carbocycles. The number of phenolic OH excluding ortho intramolecular Hbond substituents is 4. The maximum absolute atomic E-state index is 10.4. The Labute approximate surface area is 245 Å². The summed E-state index contributed by atoms with van der Waals surface area (Å²) in [6.07, 6.45) is 0. The summed E-state index contributed by atoms with van der Waals surface area (Å²) in [6.45, 7) is 0. The Kier molecular flexibility index (Phi) is 4.64. The van der Waals surface area contributed by atoms with E-state index < -0.39 is 0 Å². The summed E-state index contributed by atoms with van der Waals surface area (Å²) in [5, 5.41) is 44.1. The van der Waals surface area contributed by atoms with Crippen molar-refractivity contribution >= 4 is 44.1 Å². The van der Waals surface area contributed by atoms with E-state index in [9.17, 15) is 20.4 Å². The second-order valence-corrected chi connectivity index (χ2v) is 10.5. The zero-order valence-corrected chi connectivity index (χ0v) is 22.4. The van der Waals surface area contributed by atoms with Crippen LogP contribution in [-0.2, 0) is 0 Å². The van der Waals surface area contributed by atoms with Crippen molar-refractivity contribution in [2.24, 2.45) is 0 Å². The van der Waals surface area contributed by atoms with Crippen LogP contribution in [0.4, 0.5) is 0 Å². The fourth-order valence-electron chi connectivity index (χ4n) is 5.74.